The summed E-state index contributed by atoms with van der Waals surface area (Å²) < 4.78 is 38.7. The van der Waals surface area contributed by atoms with Gasteiger partial charge in [0.15, 0.2) is 17.5 Å². The molecule has 0 saturated heterocycles. The predicted molar refractivity (Wildman–Crippen MR) is 67.2 cm³/mol. The van der Waals surface area contributed by atoms with Crippen LogP contribution < -0.4 is 5.32 Å². The average Bonchev–Trinajstić information content (AvgIpc) is 2.45. The van der Waals surface area contributed by atoms with Gasteiger partial charge in [-0.15, -0.1) is 0 Å². The summed E-state index contributed by atoms with van der Waals surface area (Å²) in [6.07, 6.45) is 2.36. The Morgan fingerprint density at radius 2 is 1.70 bits per heavy atom. The number of nitrogens with one attached hydrogen (secondary N) is 1. The van der Waals surface area contributed by atoms with Crippen LogP contribution >= 0.6 is 0 Å². The Hall–Kier alpha value is -1.92. The van der Waals surface area contributed by atoms with Crippen LogP contribution in [0.2, 0.25) is 0 Å². The summed E-state index contributed by atoms with van der Waals surface area (Å²) in [7, 11) is 0. The number of rotatable bonds is 5. The summed E-state index contributed by atoms with van der Waals surface area (Å²) in [5.74, 6) is -3.93. The molecule has 1 heterocycles. The van der Waals surface area contributed by atoms with Crippen LogP contribution in [0.25, 0.3) is 0 Å². The molecule has 3 nitrogen and oxygen atoms in total. The third-order valence-corrected chi connectivity index (χ3v) is 2.80. The standard InChI is InChI=1S/C14H13F3N2O/c15-11-5-9(6-12(16)14(11)17)7-19-8-13(20)10-1-3-18-4-2-10/h1-6,13,19-20H,7-8H2. The molecular formula is C14H13F3N2O. The highest BCUT2D eigenvalue weighted by atomic mass is 19.2. The zero-order valence-corrected chi connectivity index (χ0v) is 10.5. The van der Waals surface area contributed by atoms with Gasteiger partial charge in [0.25, 0.3) is 0 Å². The van der Waals surface area contributed by atoms with Crippen molar-refractivity contribution in [1.29, 1.82) is 0 Å². The van der Waals surface area contributed by atoms with E-state index >= 15 is 0 Å². The normalized spacial score (nSPS) is 12.4. The third kappa shape index (κ3) is 3.55. The first-order valence-electron chi connectivity index (χ1n) is 6.00. The molecule has 2 rings (SSSR count). The highest BCUT2D eigenvalue weighted by molar-refractivity contribution is 5.19. The minimum absolute atomic E-state index is 0.121. The van der Waals surface area contributed by atoms with Crippen molar-refractivity contribution < 1.29 is 18.3 Å². The summed E-state index contributed by atoms with van der Waals surface area (Å²) in [5, 5.41) is 12.7. The molecular weight excluding hydrogens is 269 g/mol. The molecule has 2 N–H and O–H groups in total. The van der Waals surface area contributed by atoms with E-state index in [0.717, 1.165) is 12.1 Å². The van der Waals surface area contributed by atoms with Crippen molar-refractivity contribution in [3.05, 3.63) is 65.2 Å². The average molecular weight is 282 g/mol. The summed E-state index contributed by atoms with van der Waals surface area (Å²) in [6.45, 7) is 0.320. The van der Waals surface area contributed by atoms with E-state index in [1.807, 2.05) is 0 Å². The number of aliphatic hydroxyl groups excluding tert-OH is 1. The van der Waals surface area contributed by atoms with Crippen molar-refractivity contribution >= 4 is 0 Å². The molecule has 0 spiro atoms. The van der Waals surface area contributed by atoms with E-state index in [9.17, 15) is 18.3 Å². The molecule has 0 bridgehead atoms. The minimum atomic E-state index is -1.48. The third-order valence-electron chi connectivity index (χ3n) is 2.80. The molecule has 6 heteroatoms. The Bertz CT molecular complexity index is 555. The number of benzene rings is 1. The monoisotopic (exact) mass is 282 g/mol. The maximum Gasteiger partial charge on any atom is 0.194 e. The highest BCUT2D eigenvalue weighted by Gasteiger charge is 2.11. The van der Waals surface area contributed by atoms with E-state index in [2.05, 4.69) is 10.3 Å². The minimum Gasteiger partial charge on any atom is -0.387 e. The lowest BCUT2D eigenvalue weighted by molar-refractivity contribution is 0.174. The van der Waals surface area contributed by atoms with Gasteiger partial charge in [-0.2, -0.15) is 0 Å². The van der Waals surface area contributed by atoms with Crippen LogP contribution in [0.3, 0.4) is 0 Å². The molecule has 0 aliphatic rings. The van der Waals surface area contributed by atoms with Gasteiger partial charge in [0, 0.05) is 25.5 Å². The molecule has 0 radical (unpaired) electrons. The molecule has 20 heavy (non-hydrogen) atoms. The maximum atomic E-state index is 13.0. The number of aliphatic hydroxyl groups is 1. The van der Waals surface area contributed by atoms with Crippen LogP contribution in [0.1, 0.15) is 17.2 Å². The Balaban J connectivity index is 1.90. The lowest BCUT2D eigenvalue weighted by Crippen LogP contribution is -2.21. The quantitative estimate of drug-likeness (QED) is 0.827. The van der Waals surface area contributed by atoms with Crippen molar-refractivity contribution in [2.24, 2.45) is 0 Å². The van der Waals surface area contributed by atoms with E-state index in [-0.39, 0.29) is 18.7 Å². The molecule has 1 aromatic carbocycles. The van der Waals surface area contributed by atoms with E-state index in [4.69, 9.17) is 0 Å². The highest BCUT2D eigenvalue weighted by Crippen LogP contribution is 2.14. The van der Waals surface area contributed by atoms with Gasteiger partial charge < -0.3 is 10.4 Å². The van der Waals surface area contributed by atoms with Crippen molar-refractivity contribution in [2.75, 3.05) is 6.54 Å². The summed E-state index contributed by atoms with van der Waals surface area (Å²) in [5.41, 5.74) is 0.951. The number of hydrogen-bond acceptors (Lipinski definition) is 3. The van der Waals surface area contributed by atoms with E-state index in [1.165, 1.54) is 0 Å². The SMILES string of the molecule is OC(CNCc1cc(F)c(F)c(F)c1)c1ccncc1. The zero-order valence-electron chi connectivity index (χ0n) is 10.5. The van der Waals surface area contributed by atoms with Gasteiger partial charge in [0.05, 0.1) is 6.10 Å². The Morgan fingerprint density at radius 1 is 1.10 bits per heavy atom. The Kier molecular flexibility index (Phi) is 4.70. The second-order valence-corrected chi connectivity index (χ2v) is 4.30. The van der Waals surface area contributed by atoms with Crippen LogP contribution in [0, 0.1) is 17.5 Å². The van der Waals surface area contributed by atoms with Gasteiger partial charge in [-0.3, -0.25) is 4.98 Å². The molecule has 0 saturated carbocycles. The number of pyridine rings is 1. The molecule has 0 aliphatic carbocycles. The van der Waals surface area contributed by atoms with Crippen molar-refractivity contribution in [1.82, 2.24) is 10.3 Å². The first-order valence-corrected chi connectivity index (χ1v) is 6.00. The van der Waals surface area contributed by atoms with Gasteiger partial charge in [0.2, 0.25) is 0 Å². The summed E-state index contributed by atoms with van der Waals surface area (Å²) in [4.78, 5) is 3.83. The second-order valence-electron chi connectivity index (χ2n) is 4.30. The van der Waals surface area contributed by atoms with Gasteiger partial charge >= 0.3 is 0 Å². The summed E-state index contributed by atoms with van der Waals surface area (Å²) in [6, 6.07) is 5.18. The molecule has 0 amide bonds. The van der Waals surface area contributed by atoms with E-state index in [0.29, 0.717) is 5.56 Å². The zero-order chi connectivity index (χ0) is 14.5. The van der Waals surface area contributed by atoms with Gasteiger partial charge in [-0.1, -0.05) is 0 Å². The topological polar surface area (TPSA) is 45.1 Å². The molecule has 1 unspecified atom stereocenters. The van der Waals surface area contributed by atoms with Gasteiger partial charge in [-0.05, 0) is 35.4 Å². The first-order chi connectivity index (χ1) is 9.58. The van der Waals surface area contributed by atoms with Crippen molar-refractivity contribution in [3.63, 3.8) is 0 Å². The molecule has 106 valence electrons. The van der Waals surface area contributed by atoms with Crippen LogP contribution in [0.4, 0.5) is 13.2 Å². The largest absolute Gasteiger partial charge is 0.387 e. The van der Waals surface area contributed by atoms with Crippen LogP contribution in [0.5, 0.6) is 0 Å². The molecule has 1 atom stereocenters. The molecule has 0 fully saturated rings. The lowest BCUT2D eigenvalue weighted by Gasteiger charge is -2.12. The Labute approximate surface area is 114 Å². The van der Waals surface area contributed by atoms with E-state index in [1.54, 1.807) is 24.5 Å². The lowest BCUT2D eigenvalue weighted by atomic mass is 10.1. The maximum absolute atomic E-state index is 13.0. The fourth-order valence-corrected chi connectivity index (χ4v) is 1.77. The van der Waals surface area contributed by atoms with Crippen LogP contribution in [0.15, 0.2) is 36.7 Å². The number of halogens is 3. The molecule has 1 aromatic heterocycles. The smallest absolute Gasteiger partial charge is 0.194 e. The predicted octanol–water partition coefficient (Wildman–Crippen LogP) is 2.32. The fourth-order valence-electron chi connectivity index (χ4n) is 1.77. The number of aromatic nitrogens is 1. The molecule has 0 aliphatic heterocycles. The molecule has 2 aromatic rings. The first kappa shape index (κ1) is 14.5. The van der Waals surface area contributed by atoms with E-state index < -0.39 is 23.6 Å². The van der Waals surface area contributed by atoms with Gasteiger partial charge in [0.1, 0.15) is 0 Å². The second kappa shape index (κ2) is 6.49. The van der Waals surface area contributed by atoms with Crippen molar-refractivity contribution in [2.45, 2.75) is 12.6 Å². The van der Waals surface area contributed by atoms with Crippen molar-refractivity contribution in [3.8, 4) is 0 Å². The summed E-state index contributed by atoms with van der Waals surface area (Å²) >= 11 is 0. The number of nitrogens with zero attached hydrogens (tertiary/aromatic N) is 1. The van der Waals surface area contributed by atoms with Crippen LogP contribution in [-0.2, 0) is 6.54 Å². The van der Waals surface area contributed by atoms with Gasteiger partial charge in [-0.25, -0.2) is 13.2 Å². The number of hydrogen-bond donors (Lipinski definition) is 2. The Morgan fingerprint density at radius 3 is 2.30 bits per heavy atom. The van der Waals surface area contributed by atoms with Crippen LogP contribution in [-0.4, -0.2) is 16.6 Å². The fraction of sp³-hybridized carbons (Fsp3) is 0.214.